The van der Waals surface area contributed by atoms with Crippen LogP contribution in [0, 0.1) is 0 Å². The molecule has 2 saturated heterocycles. The summed E-state index contributed by atoms with van der Waals surface area (Å²) in [5.74, 6) is 0. The largest absolute Gasteiger partial charge is 0.383 e. The van der Waals surface area contributed by atoms with Gasteiger partial charge in [-0.05, 0) is 39.3 Å². The van der Waals surface area contributed by atoms with Crippen molar-refractivity contribution in [2.24, 2.45) is 0 Å². The summed E-state index contributed by atoms with van der Waals surface area (Å²) in [6, 6.07) is 1.95. The molecule has 0 spiro atoms. The van der Waals surface area contributed by atoms with Crippen molar-refractivity contribution in [3.63, 3.8) is 0 Å². The number of methoxy groups -OCH3 is 1. The molecule has 2 rings (SSSR count). The zero-order valence-electron chi connectivity index (χ0n) is 13.6. The van der Waals surface area contributed by atoms with Gasteiger partial charge < -0.3 is 10.1 Å². The Hall–Kier alpha value is -0.160. The van der Waals surface area contributed by atoms with Gasteiger partial charge >= 0.3 is 0 Å². The summed E-state index contributed by atoms with van der Waals surface area (Å²) in [5.41, 5.74) is 0. The molecule has 4 nitrogen and oxygen atoms in total. The maximum absolute atomic E-state index is 5.48. The van der Waals surface area contributed by atoms with E-state index in [4.69, 9.17) is 4.74 Å². The molecule has 0 saturated carbocycles. The molecule has 118 valence electrons. The van der Waals surface area contributed by atoms with Crippen LogP contribution in [0.25, 0.3) is 0 Å². The van der Waals surface area contributed by atoms with E-state index >= 15 is 0 Å². The van der Waals surface area contributed by atoms with Gasteiger partial charge in [0.2, 0.25) is 0 Å². The fourth-order valence-corrected chi connectivity index (χ4v) is 3.79. The van der Waals surface area contributed by atoms with E-state index in [0.717, 1.165) is 25.7 Å². The molecule has 0 aromatic heterocycles. The second-order valence-electron chi connectivity index (χ2n) is 6.50. The van der Waals surface area contributed by atoms with Crippen LogP contribution in [0.15, 0.2) is 0 Å². The zero-order valence-corrected chi connectivity index (χ0v) is 13.6. The van der Waals surface area contributed by atoms with E-state index in [1.807, 2.05) is 7.11 Å². The minimum Gasteiger partial charge on any atom is -0.383 e. The van der Waals surface area contributed by atoms with E-state index in [0.29, 0.717) is 12.1 Å². The van der Waals surface area contributed by atoms with Crippen LogP contribution in [0.2, 0.25) is 0 Å². The SMILES string of the molecule is CCCNCC(COC)N1CC2CCCCN2CC1C. The van der Waals surface area contributed by atoms with Crippen LogP contribution in [0.5, 0.6) is 0 Å². The third-order valence-electron chi connectivity index (χ3n) is 4.87. The van der Waals surface area contributed by atoms with Crippen LogP contribution >= 0.6 is 0 Å². The minimum absolute atomic E-state index is 0.519. The normalized spacial score (nSPS) is 30.1. The molecule has 3 unspecified atom stereocenters. The molecule has 2 aliphatic heterocycles. The van der Waals surface area contributed by atoms with Gasteiger partial charge in [0.05, 0.1) is 6.61 Å². The first-order valence-corrected chi connectivity index (χ1v) is 8.45. The molecule has 2 fully saturated rings. The fourth-order valence-electron chi connectivity index (χ4n) is 3.79. The van der Waals surface area contributed by atoms with Crippen molar-refractivity contribution in [2.75, 3.05) is 46.4 Å². The van der Waals surface area contributed by atoms with E-state index < -0.39 is 0 Å². The highest BCUT2D eigenvalue weighted by atomic mass is 16.5. The number of nitrogens with one attached hydrogen (secondary N) is 1. The smallest absolute Gasteiger partial charge is 0.0630 e. The molecule has 0 bridgehead atoms. The minimum atomic E-state index is 0.519. The highest BCUT2D eigenvalue weighted by molar-refractivity contribution is 4.92. The van der Waals surface area contributed by atoms with E-state index in [2.05, 4.69) is 29.0 Å². The number of nitrogens with zero attached hydrogens (tertiary/aromatic N) is 2. The van der Waals surface area contributed by atoms with Crippen molar-refractivity contribution < 1.29 is 4.74 Å². The summed E-state index contributed by atoms with van der Waals surface area (Å²) in [6.45, 7) is 11.4. The van der Waals surface area contributed by atoms with Gasteiger partial charge in [0, 0.05) is 44.9 Å². The summed E-state index contributed by atoms with van der Waals surface area (Å²) < 4.78 is 5.48. The van der Waals surface area contributed by atoms with Crippen LogP contribution in [-0.4, -0.2) is 74.4 Å². The summed E-state index contributed by atoms with van der Waals surface area (Å²) in [7, 11) is 1.83. The Labute approximate surface area is 124 Å². The van der Waals surface area contributed by atoms with E-state index in [1.165, 1.54) is 45.3 Å². The predicted octanol–water partition coefficient (Wildman–Crippen LogP) is 1.56. The molecular weight excluding hydrogens is 250 g/mol. The van der Waals surface area contributed by atoms with E-state index in [-0.39, 0.29) is 0 Å². The quantitative estimate of drug-likeness (QED) is 0.718. The van der Waals surface area contributed by atoms with Gasteiger partial charge in [0.15, 0.2) is 0 Å². The third-order valence-corrected chi connectivity index (χ3v) is 4.87. The summed E-state index contributed by atoms with van der Waals surface area (Å²) in [6.07, 6.45) is 5.38. The molecule has 4 heteroatoms. The number of piperidine rings is 1. The molecule has 1 N–H and O–H groups in total. The molecular formula is C16H33N3O. The van der Waals surface area contributed by atoms with Crippen LogP contribution in [0.3, 0.4) is 0 Å². The van der Waals surface area contributed by atoms with Gasteiger partial charge in [-0.3, -0.25) is 9.80 Å². The second kappa shape index (κ2) is 8.32. The third kappa shape index (κ3) is 4.17. The predicted molar refractivity (Wildman–Crippen MR) is 84.2 cm³/mol. The standard InChI is InChI=1S/C16H33N3O/c1-4-8-17-10-16(13-20-3)19-12-15-7-5-6-9-18(15)11-14(19)2/h14-17H,4-13H2,1-3H3. The van der Waals surface area contributed by atoms with Crippen molar-refractivity contribution in [3.05, 3.63) is 0 Å². The summed E-state index contributed by atoms with van der Waals surface area (Å²) in [4.78, 5) is 5.41. The number of rotatable bonds is 7. The monoisotopic (exact) mass is 283 g/mol. The molecule has 2 heterocycles. The van der Waals surface area contributed by atoms with E-state index in [1.54, 1.807) is 0 Å². The van der Waals surface area contributed by atoms with E-state index in [9.17, 15) is 0 Å². The topological polar surface area (TPSA) is 27.7 Å². The Morgan fingerprint density at radius 1 is 1.30 bits per heavy atom. The van der Waals surface area contributed by atoms with Crippen molar-refractivity contribution in [1.29, 1.82) is 0 Å². The first kappa shape index (κ1) is 16.2. The Balaban J connectivity index is 1.92. The molecule has 2 aliphatic rings. The Morgan fingerprint density at radius 3 is 2.90 bits per heavy atom. The van der Waals surface area contributed by atoms with Gasteiger partial charge in [-0.1, -0.05) is 13.3 Å². The maximum Gasteiger partial charge on any atom is 0.0630 e. The average Bonchev–Trinajstić information content (AvgIpc) is 2.46. The fraction of sp³-hybridized carbons (Fsp3) is 1.00. The van der Waals surface area contributed by atoms with Crippen LogP contribution in [0.4, 0.5) is 0 Å². The van der Waals surface area contributed by atoms with Gasteiger partial charge in [-0.2, -0.15) is 0 Å². The van der Waals surface area contributed by atoms with Crippen molar-refractivity contribution in [2.45, 2.75) is 57.7 Å². The molecule has 20 heavy (non-hydrogen) atoms. The highest BCUT2D eigenvalue weighted by Crippen LogP contribution is 2.25. The van der Waals surface area contributed by atoms with Crippen LogP contribution in [0.1, 0.15) is 39.5 Å². The van der Waals surface area contributed by atoms with Gasteiger partial charge in [0.1, 0.15) is 0 Å². The van der Waals surface area contributed by atoms with Crippen molar-refractivity contribution in [3.8, 4) is 0 Å². The first-order chi connectivity index (χ1) is 9.76. The molecule has 0 amide bonds. The molecule has 3 atom stereocenters. The molecule has 0 aliphatic carbocycles. The second-order valence-corrected chi connectivity index (χ2v) is 6.50. The lowest BCUT2D eigenvalue weighted by Gasteiger charge is -2.50. The lowest BCUT2D eigenvalue weighted by atomic mass is 9.96. The molecule has 0 aromatic carbocycles. The van der Waals surface area contributed by atoms with Gasteiger partial charge in [0.25, 0.3) is 0 Å². The lowest BCUT2D eigenvalue weighted by molar-refractivity contribution is -0.0255. The number of piperazine rings is 1. The highest BCUT2D eigenvalue weighted by Gasteiger charge is 2.35. The average molecular weight is 283 g/mol. The van der Waals surface area contributed by atoms with Crippen LogP contribution < -0.4 is 5.32 Å². The number of hydrogen-bond donors (Lipinski definition) is 1. The number of hydrogen-bond acceptors (Lipinski definition) is 4. The molecule has 0 radical (unpaired) electrons. The molecule has 0 aromatic rings. The summed E-state index contributed by atoms with van der Waals surface area (Å²) in [5, 5.41) is 3.57. The lowest BCUT2D eigenvalue weighted by Crippen LogP contribution is -2.63. The first-order valence-electron chi connectivity index (χ1n) is 8.45. The number of ether oxygens (including phenoxy) is 1. The maximum atomic E-state index is 5.48. The Kier molecular flexibility index (Phi) is 6.75. The van der Waals surface area contributed by atoms with Gasteiger partial charge in [-0.15, -0.1) is 0 Å². The van der Waals surface area contributed by atoms with Crippen molar-refractivity contribution >= 4 is 0 Å². The van der Waals surface area contributed by atoms with Crippen molar-refractivity contribution in [1.82, 2.24) is 15.1 Å². The zero-order chi connectivity index (χ0) is 14.4. The number of fused-ring (bicyclic) bond motifs is 1. The Morgan fingerprint density at radius 2 is 2.15 bits per heavy atom. The summed E-state index contributed by atoms with van der Waals surface area (Å²) >= 11 is 0. The Bertz CT molecular complexity index is 274. The van der Waals surface area contributed by atoms with Crippen LogP contribution in [-0.2, 0) is 4.74 Å². The van der Waals surface area contributed by atoms with Gasteiger partial charge in [-0.25, -0.2) is 0 Å².